The Balaban J connectivity index is 4.89. The molecule has 0 aliphatic rings. The van der Waals surface area contributed by atoms with Crippen LogP contribution in [0.15, 0.2) is 0 Å². The van der Waals surface area contributed by atoms with Crippen molar-refractivity contribution in [3.63, 3.8) is 0 Å². The van der Waals surface area contributed by atoms with Gasteiger partial charge in [-0.15, -0.1) is 0 Å². The zero-order valence-corrected chi connectivity index (χ0v) is 19.3. The Kier molecular flexibility index (Phi) is 8.82. The van der Waals surface area contributed by atoms with Crippen LogP contribution >= 0.6 is 0 Å². The van der Waals surface area contributed by atoms with Crippen LogP contribution in [0.25, 0.3) is 0 Å². The molecule has 0 aliphatic carbocycles. The van der Waals surface area contributed by atoms with E-state index in [2.05, 4.69) is 52.4 Å². The average molecular weight is 321 g/mol. The highest BCUT2D eigenvalue weighted by atomic mass is 28.4. The summed E-state index contributed by atoms with van der Waals surface area (Å²) in [5.74, 6) is 0. The quantitative estimate of drug-likeness (QED) is 0.600. The van der Waals surface area contributed by atoms with Gasteiger partial charge in [-0.05, 0) is 0 Å². The molecule has 5 heteroatoms. The fraction of sp³-hybridized carbons (Fsp3) is 1.00. The van der Waals surface area contributed by atoms with E-state index in [-0.39, 0.29) is 35.2 Å². The van der Waals surface area contributed by atoms with Crippen molar-refractivity contribution >= 4 is 43.3 Å². The normalized spacial score (nSPS) is 13.4. The third-order valence-electron chi connectivity index (χ3n) is 3.37. The lowest BCUT2D eigenvalue weighted by Crippen LogP contribution is -2.46. The molecule has 0 N–H and O–H groups in total. The number of hydrogen-bond acceptors (Lipinski definition) is 0. The van der Waals surface area contributed by atoms with Crippen molar-refractivity contribution in [1.29, 1.82) is 0 Å². The molecule has 0 fully saturated rings. The van der Waals surface area contributed by atoms with Gasteiger partial charge in [0, 0.05) is 43.3 Å². The second-order valence-electron chi connectivity index (χ2n) is 7.89. The van der Waals surface area contributed by atoms with Crippen molar-refractivity contribution in [3.05, 3.63) is 0 Å². The van der Waals surface area contributed by atoms with Gasteiger partial charge in [-0.25, -0.2) is 0 Å². The van der Waals surface area contributed by atoms with Crippen molar-refractivity contribution in [2.24, 2.45) is 0 Å². The second kappa shape index (κ2) is 8.29. The third-order valence-corrected chi connectivity index (χ3v) is 30.3. The molecule has 0 nitrogen and oxygen atoms in total. The lowest BCUT2D eigenvalue weighted by molar-refractivity contribution is 1.42. The number of hydrogen-bond donors (Lipinski definition) is 0. The lowest BCUT2D eigenvalue weighted by atomic mass is 11.7. The fourth-order valence-electron chi connectivity index (χ4n) is 3.96. The minimum absolute atomic E-state index is 0.344. The van der Waals surface area contributed by atoms with Gasteiger partial charge in [-0.2, -0.15) is 0 Å². The maximum absolute atomic E-state index is 2.60. The van der Waals surface area contributed by atoms with E-state index in [1.54, 1.807) is 22.7 Å². The minimum Gasteiger partial charge on any atom is -0.0724 e. The monoisotopic (exact) mass is 320 g/mol. The highest BCUT2D eigenvalue weighted by Crippen LogP contribution is 2.30. The molecule has 0 heterocycles. The predicted octanol–water partition coefficient (Wildman–Crippen LogP) is 3.54. The first-order chi connectivity index (χ1) is 7.67. The topological polar surface area (TPSA) is 0 Å². The van der Waals surface area contributed by atoms with Crippen LogP contribution in [0.5, 0.6) is 0 Å². The maximum Gasteiger partial charge on any atom is 0.0420 e. The molecule has 0 spiro atoms. The van der Waals surface area contributed by atoms with E-state index >= 15 is 0 Å². The van der Waals surface area contributed by atoms with Crippen LogP contribution < -0.4 is 0 Å². The highest BCUT2D eigenvalue weighted by molar-refractivity contribution is 7.04. The molecule has 0 aliphatic heterocycles. The first-order valence-electron chi connectivity index (χ1n) is 7.67. The SMILES string of the molecule is C[SiH](C)C[Si](C[SiH](C)C)(C[SiH](C)C)C[SiH](C)C. The Labute approximate surface area is 118 Å². The van der Waals surface area contributed by atoms with Crippen LogP contribution in [0.4, 0.5) is 0 Å². The van der Waals surface area contributed by atoms with Crippen LogP contribution in [0, 0.1) is 0 Å². The smallest absolute Gasteiger partial charge is 0.0420 e. The van der Waals surface area contributed by atoms with E-state index in [9.17, 15) is 0 Å². The van der Waals surface area contributed by atoms with E-state index in [0.717, 1.165) is 0 Å². The summed E-state index contributed by atoms with van der Waals surface area (Å²) in [6.45, 7) is 20.8. The largest absolute Gasteiger partial charge is 0.0724 e. The third kappa shape index (κ3) is 8.74. The molecule has 0 aromatic rings. The first-order valence-corrected chi connectivity index (χ1v) is 23.0. The summed E-state index contributed by atoms with van der Waals surface area (Å²) in [7, 11) is -2.18. The van der Waals surface area contributed by atoms with Gasteiger partial charge in [0.1, 0.15) is 0 Å². The standard InChI is InChI=1S/C12H36Si5/c1-13(2)9-17(10-14(3)4,11-15(5)6)12-16(7)8/h13-16H,9-12H2,1-8H3. The Morgan fingerprint density at radius 2 is 0.647 bits per heavy atom. The van der Waals surface area contributed by atoms with E-state index in [1.165, 1.54) is 0 Å². The van der Waals surface area contributed by atoms with Crippen molar-refractivity contribution < 1.29 is 0 Å². The van der Waals surface area contributed by atoms with Crippen molar-refractivity contribution in [2.45, 2.75) is 75.0 Å². The van der Waals surface area contributed by atoms with Crippen LogP contribution in [0.3, 0.4) is 0 Å². The van der Waals surface area contributed by atoms with Crippen LogP contribution in [-0.2, 0) is 0 Å². The molecule has 0 radical (unpaired) electrons. The molecule has 0 amide bonds. The zero-order valence-electron chi connectivity index (χ0n) is 13.6. The van der Waals surface area contributed by atoms with E-state index in [0.29, 0.717) is 0 Å². The van der Waals surface area contributed by atoms with Crippen LogP contribution in [0.1, 0.15) is 0 Å². The Bertz CT molecular complexity index is 156. The summed E-state index contributed by atoms with van der Waals surface area (Å²) in [4.78, 5) is 0. The first kappa shape index (κ1) is 18.1. The summed E-state index contributed by atoms with van der Waals surface area (Å²) >= 11 is 0. The lowest BCUT2D eigenvalue weighted by Gasteiger charge is -2.37. The Morgan fingerprint density at radius 1 is 0.471 bits per heavy atom. The molecule has 0 saturated carbocycles. The highest BCUT2D eigenvalue weighted by Gasteiger charge is 2.35. The molecule has 17 heavy (non-hydrogen) atoms. The molecule has 0 rings (SSSR count). The Hall–Kier alpha value is 1.08. The van der Waals surface area contributed by atoms with Gasteiger partial charge < -0.3 is 0 Å². The van der Waals surface area contributed by atoms with Crippen molar-refractivity contribution in [3.8, 4) is 0 Å². The fourth-order valence-corrected chi connectivity index (χ4v) is 44.7. The Morgan fingerprint density at radius 3 is 0.765 bits per heavy atom. The molecular weight excluding hydrogens is 285 g/mol. The van der Waals surface area contributed by atoms with Crippen LogP contribution in [0.2, 0.25) is 75.0 Å². The van der Waals surface area contributed by atoms with Gasteiger partial charge in [0.05, 0.1) is 0 Å². The van der Waals surface area contributed by atoms with Crippen LogP contribution in [-0.4, -0.2) is 43.3 Å². The average Bonchev–Trinajstić information content (AvgIpc) is 1.95. The molecule has 0 bridgehead atoms. The van der Waals surface area contributed by atoms with E-state index < -0.39 is 8.07 Å². The number of rotatable bonds is 8. The van der Waals surface area contributed by atoms with Gasteiger partial charge in [0.25, 0.3) is 0 Å². The van der Waals surface area contributed by atoms with Crippen molar-refractivity contribution in [2.75, 3.05) is 0 Å². The predicted molar refractivity (Wildman–Crippen MR) is 100 cm³/mol. The minimum atomic E-state index is -0.801. The second-order valence-corrected chi connectivity index (χ2v) is 28.6. The van der Waals surface area contributed by atoms with Gasteiger partial charge in [0.2, 0.25) is 0 Å². The van der Waals surface area contributed by atoms with Gasteiger partial charge in [-0.1, -0.05) is 75.0 Å². The van der Waals surface area contributed by atoms with E-state index in [4.69, 9.17) is 0 Å². The summed E-state index contributed by atoms with van der Waals surface area (Å²) in [5, 5.41) is 0. The molecule has 0 saturated heterocycles. The van der Waals surface area contributed by atoms with Gasteiger partial charge >= 0.3 is 0 Å². The summed E-state index contributed by atoms with van der Waals surface area (Å²) in [6, 6.07) is 0. The molecular formula is C12H36Si5. The summed E-state index contributed by atoms with van der Waals surface area (Å²) in [5.41, 5.74) is 7.14. The molecule has 0 unspecified atom stereocenters. The molecule has 0 aromatic carbocycles. The van der Waals surface area contributed by atoms with Gasteiger partial charge in [0.15, 0.2) is 0 Å². The molecule has 0 aromatic heterocycles. The molecule has 0 atom stereocenters. The van der Waals surface area contributed by atoms with E-state index in [1.807, 2.05) is 0 Å². The van der Waals surface area contributed by atoms with Crippen molar-refractivity contribution in [1.82, 2.24) is 0 Å². The van der Waals surface area contributed by atoms with Gasteiger partial charge in [-0.3, -0.25) is 0 Å². The summed E-state index contributed by atoms with van der Waals surface area (Å²) in [6.07, 6.45) is 0. The zero-order chi connectivity index (χ0) is 13.6. The maximum atomic E-state index is 2.60. The molecule has 104 valence electrons. The summed E-state index contributed by atoms with van der Waals surface area (Å²) < 4.78 is 0.